The average molecular weight is 687 g/mol. The normalized spacial score (nSPS) is 12.4. The highest BCUT2D eigenvalue weighted by Crippen LogP contribution is 2.36. The van der Waals surface area contributed by atoms with E-state index in [0.717, 1.165) is 73.6 Å². The first kappa shape index (κ1) is 40.4. The molecule has 0 heterocycles. The van der Waals surface area contributed by atoms with E-state index in [1.165, 1.54) is 0 Å². The Bertz CT molecular complexity index is 1650. The quantitative estimate of drug-likeness (QED) is 0.107. The Morgan fingerprint density at radius 1 is 0.580 bits per heavy atom. The fourth-order valence-corrected chi connectivity index (χ4v) is 6.03. The van der Waals surface area contributed by atoms with Crippen LogP contribution in [0.5, 0.6) is 17.2 Å². The molecule has 8 nitrogen and oxygen atoms in total. The summed E-state index contributed by atoms with van der Waals surface area (Å²) in [5, 5.41) is 21.5. The SMILES string of the molecule is CN(CCCCCCN(C)Cc1cc(C(C)(C)Oc2ccc(C(C)(C)C)cc2C=O)cc(C=O)c1O)Cc1cc(C(C)(C)C)cc(C=O)c1O. The van der Waals surface area contributed by atoms with Crippen LogP contribution in [0.3, 0.4) is 0 Å². The van der Waals surface area contributed by atoms with Crippen molar-refractivity contribution in [2.24, 2.45) is 0 Å². The third-order valence-corrected chi connectivity index (χ3v) is 9.33. The molecule has 0 saturated carbocycles. The lowest BCUT2D eigenvalue weighted by molar-refractivity contribution is 0.102. The van der Waals surface area contributed by atoms with Crippen molar-refractivity contribution in [1.29, 1.82) is 0 Å². The Labute approximate surface area is 299 Å². The van der Waals surface area contributed by atoms with Crippen LogP contribution in [0.15, 0.2) is 42.5 Å². The second-order valence-corrected chi connectivity index (χ2v) is 16.3. The van der Waals surface area contributed by atoms with Gasteiger partial charge in [0.2, 0.25) is 0 Å². The van der Waals surface area contributed by atoms with E-state index >= 15 is 0 Å². The van der Waals surface area contributed by atoms with Gasteiger partial charge in [-0.3, -0.25) is 14.4 Å². The highest BCUT2D eigenvalue weighted by Gasteiger charge is 2.28. The zero-order chi connectivity index (χ0) is 37.4. The molecule has 0 aliphatic rings. The minimum Gasteiger partial charge on any atom is -0.507 e. The number of nitrogens with zero attached hydrogens (tertiary/aromatic N) is 2. The predicted molar refractivity (Wildman–Crippen MR) is 201 cm³/mol. The molecule has 0 aliphatic heterocycles. The number of aldehydes is 3. The fourth-order valence-electron chi connectivity index (χ4n) is 6.03. The molecule has 0 aliphatic carbocycles. The lowest BCUT2D eigenvalue weighted by atomic mass is 9.84. The van der Waals surface area contributed by atoms with Gasteiger partial charge in [0.15, 0.2) is 18.9 Å². The average Bonchev–Trinajstić information content (AvgIpc) is 3.03. The molecule has 0 radical (unpaired) electrons. The van der Waals surface area contributed by atoms with Crippen LogP contribution in [0, 0.1) is 0 Å². The monoisotopic (exact) mass is 686 g/mol. The van der Waals surface area contributed by atoms with Crippen LogP contribution < -0.4 is 4.74 Å². The van der Waals surface area contributed by atoms with Gasteiger partial charge in [-0.05, 0) is 112 Å². The molecule has 0 amide bonds. The molecule has 3 aromatic rings. The Morgan fingerprint density at radius 2 is 1.00 bits per heavy atom. The highest BCUT2D eigenvalue weighted by molar-refractivity contribution is 5.82. The Morgan fingerprint density at radius 3 is 1.44 bits per heavy atom. The number of ether oxygens (including phenoxy) is 1. The van der Waals surface area contributed by atoms with Crippen molar-refractivity contribution in [3.05, 3.63) is 87.0 Å². The second kappa shape index (κ2) is 16.8. The number of carbonyl (C=O) groups excluding carboxylic acids is 3. The van der Waals surface area contributed by atoms with Crippen molar-refractivity contribution in [3.8, 4) is 17.2 Å². The largest absolute Gasteiger partial charge is 0.507 e. The molecule has 0 saturated heterocycles. The fraction of sp³-hybridized carbons (Fsp3) is 0.500. The molecule has 272 valence electrons. The molecule has 0 bridgehead atoms. The molecular formula is C42H58N2O6. The van der Waals surface area contributed by atoms with Crippen molar-refractivity contribution >= 4 is 18.9 Å². The number of aromatic hydroxyl groups is 2. The molecule has 3 aromatic carbocycles. The second-order valence-electron chi connectivity index (χ2n) is 16.3. The van der Waals surface area contributed by atoms with Crippen LogP contribution in [0.25, 0.3) is 0 Å². The third kappa shape index (κ3) is 10.7. The summed E-state index contributed by atoms with van der Waals surface area (Å²) in [6, 6.07) is 13.0. The molecule has 0 spiro atoms. The van der Waals surface area contributed by atoms with Crippen LogP contribution >= 0.6 is 0 Å². The summed E-state index contributed by atoms with van der Waals surface area (Å²) in [7, 11) is 4.03. The van der Waals surface area contributed by atoms with E-state index in [0.29, 0.717) is 41.8 Å². The van der Waals surface area contributed by atoms with E-state index < -0.39 is 5.60 Å². The number of phenols is 2. The molecule has 8 heteroatoms. The van der Waals surface area contributed by atoms with E-state index in [-0.39, 0.29) is 27.9 Å². The number of benzene rings is 3. The topological polar surface area (TPSA) is 107 Å². The zero-order valence-electron chi connectivity index (χ0n) is 31.9. The maximum Gasteiger partial charge on any atom is 0.153 e. The van der Waals surface area contributed by atoms with Gasteiger partial charge in [0.25, 0.3) is 0 Å². The van der Waals surface area contributed by atoms with Crippen molar-refractivity contribution in [2.45, 2.75) is 111 Å². The van der Waals surface area contributed by atoms with Gasteiger partial charge in [-0.25, -0.2) is 0 Å². The molecule has 2 N–H and O–H groups in total. The summed E-state index contributed by atoms with van der Waals surface area (Å²) in [4.78, 5) is 39.8. The van der Waals surface area contributed by atoms with Crippen LogP contribution in [0.2, 0.25) is 0 Å². The maximum absolute atomic E-state index is 12.0. The number of rotatable bonds is 17. The summed E-state index contributed by atoms with van der Waals surface area (Å²) in [5.41, 5.74) is 4.05. The van der Waals surface area contributed by atoms with E-state index in [1.807, 2.05) is 58.3 Å². The molecule has 50 heavy (non-hydrogen) atoms. The van der Waals surface area contributed by atoms with Crippen LogP contribution in [-0.2, 0) is 29.5 Å². The van der Waals surface area contributed by atoms with Crippen LogP contribution in [-0.4, -0.2) is 66.1 Å². The molecule has 3 rings (SSSR count). The molecule has 0 fully saturated rings. The van der Waals surface area contributed by atoms with Gasteiger partial charge in [-0.2, -0.15) is 0 Å². The minimum atomic E-state index is -0.891. The number of hydrogen-bond donors (Lipinski definition) is 2. The molecule has 0 aromatic heterocycles. The highest BCUT2D eigenvalue weighted by atomic mass is 16.5. The smallest absolute Gasteiger partial charge is 0.153 e. The summed E-state index contributed by atoms with van der Waals surface area (Å²) < 4.78 is 6.39. The first-order valence-corrected chi connectivity index (χ1v) is 17.6. The van der Waals surface area contributed by atoms with Gasteiger partial charge >= 0.3 is 0 Å². The van der Waals surface area contributed by atoms with E-state index in [1.54, 1.807) is 12.1 Å². The van der Waals surface area contributed by atoms with Crippen molar-refractivity contribution in [3.63, 3.8) is 0 Å². The Hall–Kier alpha value is -4.01. The number of unbranched alkanes of at least 4 members (excludes halogenated alkanes) is 3. The standard InChI is InChI=1S/C42H58N2O6/c1-40(2,3)34-15-16-37(31(21-34)26-45)50-42(7,8)36-20-30(39(49)33(23-36)28-47)25-44(10)18-14-12-11-13-17-43(9)24-29-19-35(41(4,5)6)22-32(27-46)38(29)48/h15-16,19-23,26-28,48-49H,11-14,17-18,24-25H2,1-10H3. The van der Waals surface area contributed by atoms with Gasteiger partial charge < -0.3 is 24.7 Å². The van der Waals surface area contributed by atoms with E-state index in [2.05, 4.69) is 51.3 Å². The summed E-state index contributed by atoms with van der Waals surface area (Å²) in [6.45, 7) is 19.0. The van der Waals surface area contributed by atoms with Gasteiger partial charge in [0.05, 0.1) is 16.7 Å². The van der Waals surface area contributed by atoms with Crippen LogP contribution in [0.1, 0.15) is 140 Å². The van der Waals surface area contributed by atoms with Crippen molar-refractivity contribution in [1.82, 2.24) is 9.80 Å². The van der Waals surface area contributed by atoms with Crippen molar-refractivity contribution < 1.29 is 29.3 Å². The van der Waals surface area contributed by atoms with Crippen molar-refractivity contribution in [2.75, 3.05) is 27.2 Å². The minimum absolute atomic E-state index is 0.0307. The number of phenolic OH excluding ortho intramolecular Hbond substituents is 2. The maximum atomic E-state index is 12.0. The number of hydrogen-bond acceptors (Lipinski definition) is 8. The summed E-state index contributed by atoms with van der Waals surface area (Å²) in [5.74, 6) is 0.495. The first-order valence-electron chi connectivity index (χ1n) is 17.6. The molecule has 0 atom stereocenters. The van der Waals surface area contributed by atoms with E-state index in [4.69, 9.17) is 4.74 Å². The number of carbonyl (C=O) groups is 3. The third-order valence-electron chi connectivity index (χ3n) is 9.33. The van der Waals surface area contributed by atoms with Gasteiger partial charge in [-0.1, -0.05) is 66.5 Å². The van der Waals surface area contributed by atoms with Gasteiger partial charge in [-0.15, -0.1) is 0 Å². The zero-order valence-corrected chi connectivity index (χ0v) is 31.9. The Balaban J connectivity index is 1.57. The molecule has 0 unspecified atom stereocenters. The summed E-state index contributed by atoms with van der Waals surface area (Å²) >= 11 is 0. The Kier molecular flexibility index (Phi) is 13.6. The molecular weight excluding hydrogens is 628 g/mol. The van der Waals surface area contributed by atoms with E-state index in [9.17, 15) is 24.6 Å². The first-order chi connectivity index (χ1) is 23.3. The lowest BCUT2D eigenvalue weighted by Crippen LogP contribution is -2.27. The predicted octanol–water partition coefficient (Wildman–Crippen LogP) is 8.57. The lowest BCUT2D eigenvalue weighted by Gasteiger charge is -2.30. The van der Waals surface area contributed by atoms with Crippen LogP contribution in [0.4, 0.5) is 0 Å². The van der Waals surface area contributed by atoms with Gasteiger partial charge in [0.1, 0.15) is 22.8 Å². The van der Waals surface area contributed by atoms with Gasteiger partial charge in [0, 0.05) is 24.2 Å². The summed E-state index contributed by atoms with van der Waals surface area (Å²) in [6.07, 6.45) is 6.26.